The third-order valence-corrected chi connectivity index (χ3v) is 6.04. The Kier molecular flexibility index (Phi) is 6.90. The second kappa shape index (κ2) is 9.99. The van der Waals surface area contributed by atoms with E-state index in [2.05, 4.69) is 16.5 Å². The molecule has 0 N–H and O–H groups in total. The molecule has 4 rings (SSSR count). The molecule has 3 aliphatic rings. The smallest absolute Gasteiger partial charge is 0.410 e. The van der Waals surface area contributed by atoms with Gasteiger partial charge in [0, 0.05) is 75.3 Å². The first-order valence-electron chi connectivity index (χ1n) is 11.1. The van der Waals surface area contributed by atoms with Crippen LogP contribution in [0.5, 0.6) is 0 Å². The number of amides is 1. The summed E-state index contributed by atoms with van der Waals surface area (Å²) in [6.45, 7) is 9.96. The van der Waals surface area contributed by atoms with Gasteiger partial charge < -0.3 is 24.2 Å². The van der Waals surface area contributed by atoms with Crippen molar-refractivity contribution in [3.63, 3.8) is 0 Å². The third-order valence-electron chi connectivity index (χ3n) is 6.04. The molecule has 3 aliphatic heterocycles. The van der Waals surface area contributed by atoms with Crippen LogP contribution in [0.3, 0.4) is 0 Å². The largest absolute Gasteiger partial charge is 0.446 e. The molecule has 0 unspecified atom stereocenters. The SMILES string of the molecule is C=C/C(=C1/N=C(N2CCN(C(=O)OC3CCOCC3)CC2)C=CN1C)c1cccnc1C. The molecule has 8 heteroatoms. The van der Waals surface area contributed by atoms with Crippen molar-refractivity contribution in [2.24, 2.45) is 4.99 Å². The maximum atomic E-state index is 12.5. The molecule has 0 spiro atoms. The van der Waals surface area contributed by atoms with Gasteiger partial charge in [0.15, 0.2) is 0 Å². The monoisotopic (exact) mass is 437 g/mol. The average molecular weight is 438 g/mol. The van der Waals surface area contributed by atoms with Crippen molar-refractivity contribution in [1.29, 1.82) is 0 Å². The lowest BCUT2D eigenvalue weighted by molar-refractivity contribution is -0.0128. The van der Waals surface area contributed by atoms with E-state index in [4.69, 9.17) is 14.5 Å². The minimum absolute atomic E-state index is 0.0311. The van der Waals surface area contributed by atoms with E-state index in [1.54, 1.807) is 11.1 Å². The number of aryl methyl sites for hydroxylation is 1. The predicted octanol–water partition coefficient (Wildman–Crippen LogP) is 3.04. The zero-order chi connectivity index (χ0) is 22.5. The van der Waals surface area contributed by atoms with Crippen LogP contribution < -0.4 is 0 Å². The summed E-state index contributed by atoms with van der Waals surface area (Å²) in [5.41, 5.74) is 2.90. The van der Waals surface area contributed by atoms with Crippen molar-refractivity contribution in [2.45, 2.75) is 25.9 Å². The summed E-state index contributed by atoms with van der Waals surface area (Å²) in [5, 5.41) is 0. The van der Waals surface area contributed by atoms with Crippen molar-refractivity contribution < 1.29 is 14.3 Å². The Balaban J connectivity index is 1.45. The number of hydrogen-bond donors (Lipinski definition) is 0. The summed E-state index contributed by atoms with van der Waals surface area (Å²) in [5.74, 6) is 1.71. The quantitative estimate of drug-likeness (QED) is 0.724. The Hall–Kier alpha value is -3.13. The number of allylic oxidation sites excluding steroid dienone is 2. The lowest BCUT2D eigenvalue weighted by Crippen LogP contribution is -2.51. The fourth-order valence-electron chi connectivity index (χ4n) is 4.12. The number of aliphatic imine (C=N–C) groups is 1. The molecule has 0 radical (unpaired) electrons. The Labute approximate surface area is 189 Å². The maximum absolute atomic E-state index is 12.5. The molecule has 32 heavy (non-hydrogen) atoms. The molecule has 0 aliphatic carbocycles. The van der Waals surface area contributed by atoms with Gasteiger partial charge in [-0.2, -0.15) is 0 Å². The van der Waals surface area contributed by atoms with Gasteiger partial charge in [0.25, 0.3) is 0 Å². The molecule has 4 heterocycles. The van der Waals surface area contributed by atoms with Crippen molar-refractivity contribution in [1.82, 2.24) is 19.7 Å². The number of carbonyl (C=O) groups excluding carboxylic acids is 1. The molecule has 0 atom stereocenters. The van der Waals surface area contributed by atoms with Gasteiger partial charge in [0.2, 0.25) is 0 Å². The lowest BCUT2D eigenvalue weighted by atomic mass is 10.0. The summed E-state index contributed by atoms with van der Waals surface area (Å²) in [6.07, 6.45) is 8.94. The van der Waals surface area contributed by atoms with Gasteiger partial charge in [-0.3, -0.25) is 4.98 Å². The molecule has 0 aromatic carbocycles. The van der Waals surface area contributed by atoms with Crippen molar-refractivity contribution in [3.8, 4) is 0 Å². The van der Waals surface area contributed by atoms with Crippen molar-refractivity contribution in [3.05, 3.63) is 60.3 Å². The van der Waals surface area contributed by atoms with Crippen LogP contribution in [0.15, 0.2) is 54.1 Å². The molecule has 8 nitrogen and oxygen atoms in total. The van der Waals surface area contributed by atoms with E-state index in [-0.39, 0.29) is 12.2 Å². The van der Waals surface area contributed by atoms with Crippen molar-refractivity contribution in [2.75, 3.05) is 46.4 Å². The van der Waals surface area contributed by atoms with E-state index in [0.29, 0.717) is 39.4 Å². The van der Waals surface area contributed by atoms with Crippen LogP contribution in [0.1, 0.15) is 24.1 Å². The van der Waals surface area contributed by atoms with Gasteiger partial charge in [0.1, 0.15) is 17.8 Å². The van der Waals surface area contributed by atoms with Gasteiger partial charge in [-0.15, -0.1) is 0 Å². The number of carbonyl (C=O) groups is 1. The number of pyridine rings is 1. The maximum Gasteiger partial charge on any atom is 0.410 e. The summed E-state index contributed by atoms with van der Waals surface area (Å²) < 4.78 is 11.0. The average Bonchev–Trinajstić information content (AvgIpc) is 2.82. The van der Waals surface area contributed by atoms with Gasteiger partial charge in [-0.25, -0.2) is 9.79 Å². The topological polar surface area (TPSA) is 70.5 Å². The molecule has 1 amide bonds. The van der Waals surface area contributed by atoms with Gasteiger partial charge in [0.05, 0.1) is 13.2 Å². The molecule has 0 bridgehead atoms. The van der Waals surface area contributed by atoms with E-state index >= 15 is 0 Å². The number of nitrogens with zero attached hydrogens (tertiary/aromatic N) is 5. The van der Waals surface area contributed by atoms with E-state index in [0.717, 1.165) is 41.3 Å². The van der Waals surface area contributed by atoms with E-state index in [1.807, 2.05) is 49.4 Å². The predicted molar refractivity (Wildman–Crippen MR) is 124 cm³/mol. The fourth-order valence-corrected chi connectivity index (χ4v) is 4.12. The second-order valence-electron chi connectivity index (χ2n) is 8.14. The lowest BCUT2D eigenvalue weighted by Gasteiger charge is -2.37. The van der Waals surface area contributed by atoms with Crippen LogP contribution in [-0.2, 0) is 9.47 Å². The zero-order valence-electron chi connectivity index (χ0n) is 18.9. The fraction of sp³-hybridized carbons (Fsp3) is 0.458. The molecular weight excluding hydrogens is 406 g/mol. The normalized spacial score (nSPS) is 21.3. The first-order valence-corrected chi connectivity index (χ1v) is 11.1. The minimum atomic E-state index is -0.223. The van der Waals surface area contributed by atoms with E-state index in [1.165, 1.54) is 0 Å². The number of rotatable bonds is 3. The number of hydrogen-bond acceptors (Lipinski definition) is 7. The van der Waals surface area contributed by atoms with E-state index < -0.39 is 0 Å². The first kappa shape index (κ1) is 22.1. The summed E-state index contributed by atoms with van der Waals surface area (Å²) >= 11 is 0. The number of ether oxygens (including phenoxy) is 2. The van der Waals surface area contributed by atoms with Crippen LogP contribution in [0.2, 0.25) is 0 Å². The zero-order valence-corrected chi connectivity index (χ0v) is 18.9. The van der Waals surface area contributed by atoms with Gasteiger partial charge in [-0.05, 0) is 19.1 Å². The first-order chi connectivity index (χ1) is 15.6. The van der Waals surface area contributed by atoms with Crippen molar-refractivity contribution >= 4 is 17.5 Å². The molecule has 1 aromatic heterocycles. The highest BCUT2D eigenvalue weighted by atomic mass is 16.6. The minimum Gasteiger partial charge on any atom is -0.446 e. The Morgan fingerprint density at radius 3 is 2.69 bits per heavy atom. The van der Waals surface area contributed by atoms with Gasteiger partial charge >= 0.3 is 6.09 Å². The molecule has 2 saturated heterocycles. The third kappa shape index (κ3) is 4.85. The molecule has 1 aromatic rings. The standard InChI is InChI=1S/C24H31N5O3/c1-4-20(21-6-5-10-25-18(21)2)23-26-22(7-11-27(23)3)28-12-14-29(15-13-28)24(30)32-19-8-16-31-17-9-19/h4-7,10-11,19H,1,8-9,12-17H2,2-3H3/b23-20+. The summed E-state index contributed by atoms with van der Waals surface area (Å²) in [6, 6.07) is 3.96. The summed E-state index contributed by atoms with van der Waals surface area (Å²) in [7, 11) is 1.98. The Morgan fingerprint density at radius 1 is 1.25 bits per heavy atom. The second-order valence-corrected chi connectivity index (χ2v) is 8.14. The van der Waals surface area contributed by atoms with Crippen LogP contribution in [-0.4, -0.2) is 84.2 Å². The highest BCUT2D eigenvalue weighted by Gasteiger charge is 2.27. The number of aromatic nitrogens is 1. The molecule has 170 valence electrons. The van der Waals surface area contributed by atoms with Crippen LogP contribution in [0, 0.1) is 6.92 Å². The number of amidine groups is 1. The molecule has 0 saturated carbocycles. The van der Waals surface area contributed by atoms with Crippen LogP contribution >= 0.6 is 0 Å². The Morgan fingerprint density at radius 2 is 2.00 bits per heavy atom. The molecular formula is C24H31N5O3. The summed E-state index contributed by atoms with van der Waals surface area (Å²) in [4.78, 5) is 27.9. The highest BCUT2D eigenvalue weighted by molar-refractivity contribution is 5.96. The van der Waals surface area contributed by atoms with Crippen LogP contribution in [0.25, 0.3) is 5.57 Å². The Bertz CT molecular complexity index is 941. The van der Waals surface area contributed by atoms with Gasteiger partial charge in [-0.1, -0.05) is 18.7 Å². The van der Waals surface area contributed by atoms with E-state index in [9.17, 15) is 4.79 Å². The molecule has 2 fully saturated rings. The van der Waals surface area contributed by atoms with Crippen LogP contribution in [0.4, 0.5) is 4.79 Å². The number of piperazine rings is 1. The highest BCUT2D eigenvalue weighted by Crippen LogP contribution is 2.27.